The van der Waals surface area contributed by atoms with E-state index < -0.39 is 18.2 Å². The summed E-state index contributed by atoms with van der Waals surface area (Å²) in [5.74, 6) is -0.686. The molecule has 0 aromatic heterocycles. The third-order valence-electron chi connectivity index (χ3n) is 6.39. The van der Waals surface area contributed by atoms with Crippen LogP contribution in [0.4, 0.5) is 9.18 Å². The number of carbonyl (C=O) groups excluding carboxylic acids is 3. The fourth-order valence-electron chi connectivity index (χ4n) is 4.69. The van der Waals surface area contributed by atoms with E-state index >= 15 is 0 Å². The van der Waals surface area contributed by atoms with Gasteiger partial charge >= 0.3 is 6.03 Å². The lowest BCUT2D eigenvalue weighted by atomic mass is 10.0. The number of piperazine rings is 1. The van der Waals surface area contributed by atoms with Crippen LogP contribution in [0.5, 0.6) is 0 Å². The lowest BCUT2D eigenvalue weighted by Gasteiger charge is -2.54. The van der Waals surface area contributed by atoms with E-state index in [1.807, 2.05) is 25.1 Å². The molecule has 0 bridgehead atoms. The van der Waals surface area contributed by atoms with E-state index in [4.69, 9.17) is 11.6 Å². The number of hydrogen-bond donors (Lipinski definition) is 1. The molecule has 1 N–H and O–H groups in total. The van der Waals surface area contributed by atoms with Gasteiger partial charge in [-0.15, -0.1) is 0 Å². The van der Waals surface area contributed by atoms with E-state index in [1.165, 1.54) is 17.1 Å². The third kappa shape index (κ3) is 5.26. The summed E-state index contributed by atoms with van der Waals surface area (Å²) in [5, 5.41) is 6.49. The Kier molecular flexibility index (Phi) is 7.57. The molecule has 0 saturated carbocycles. The summed E-state index contributed by atoms with van der Waals surface area (Å²) in [6, 6.07) is 12.1. The van der Waals surface area contributed by atoms with Crippen molar-refractivity contribution in [2.75, 3.05) is 20.1 Å². The van der Waals surface area contributed by atoms with Gasteiger partial charge < -0.3 is 15.1 Å². The second kappa shape index (κ2) is 10.6. The molecule has 186 valence electrons. The first-order valence-corrected chi connectivity index (χ1v) is 12.0. The van der Waals surface area contributed by atoms with Crippen LogP contribution in [0, 0.1) is 5.82 Å². The van der Waals surface area contributed by atoms with Gasteiger partial charge in [-0.2, -0.15) is 0 Å². The van der Waals surface area contributed by atoms with Crippen LogP contribution in [-0.2, 0) is 22.7 Å². The van der Waals surface area contributed by atoms with Crippen molar-refractivity contribution in [2.24, 2.45) is 0 Å². The fraction of sp³-hybridized carbons (Fsp3) is 0.400. The van der Waals surface area contributed by atoms with Gasteiger partial charge in [-0.1, -0.05) is 55.3 Å². The van der Waals surface area contributed by atoms with Gasteiger partial charge in [0.2, 0.25) is 11.8 Å². The molecule has 35 heavy (non-hydrogen) atoms. The van der Waals surface area contributed by atoms with Gasteiger partial charge in [0.15, 0.2) is 0 Å². The minimum atomic E-state index is -0.661. The number of likely N-dealkylation sites (N-methyl/N-ethyl adjacent to an activating group) is 1. The number of nitrogens with one attached hydrogen (secondary N) is 1. The van der Waals surface area contributed by atoms with Gasteiger partial charge in [0.05, 0.1) is 13.1 Å². The van der Waals surface area contributed by atoms with Crippen LogP contribution < -0.4 is 5.32 Å². The smallest absolute Gasteiger partial charge is 0.333 e. The molecule has 2 aromatic rings. The van der Waals surface area contributed by atoms with Crippen molar-refractivity contribution >= 4 is 29.4 Å². The average Bonchev–Trinajstić information content (AvgIpc) is 2.82. The number of halogens is 2. The molecular formula is C25H29ClFN5O3. The Morgan fingerprint density at radius 3 is 2.54 bits per heavy atom. The molecule has 2 heterocycles. The van der Waals surface area contributed by atoms with E-state index in [1.54, 1.807) is 40.1 Å². The van der Waals surface area contributed by atoms with E-state index in [9.17, 15) is 18.8 Å². The first kappa shape index (κ1) is 24.9. The molecule has 4 rings (SSSR count). The van der Waals surface area contributed by atoms with Crippen molar-refractivity contribution in [1.82, 2.24) is 25.1 Å². The maximum Gasteiger partial charge on any atom is 0.334 e. The Bertz CT molecular complexity index is 1100. The number of hydrogen-bond acceptors (Lipinski definition) is 4. The van der Waals surface area contributed by atoms with Crippen molar-refractivity contribution in [3.8, 4) is 0 Å². The van der Waals surface area contributed by atoms with Crippen LogP contribution in [0.15, 0.2) is 48.5 Å². The first-order chi connectivity index (χ1) is 16.8. The number of carbonyl (C=O) groups is 3. The number of fused-ring (bicyclic) bond motifs is 1. The summed E-state index contributed by atoms with van der Waals surface area (Å²) >= 11 is 6.35. The van der Waals surface area contributed by atoms with Crippen LogP contribution in [0.3, 0.4) is 0 Å². The highest BCUT2D eigenvalue weighted by molar-refractivity contribution is 6.31. The van der Waals surface area contributed by atoms with Crippen molar-refractivity contribution in [1.29, 1.82) is 0 Å². The Morgan fingerprint density at radius 1 is 1.14 bits per heavy atom. The summed E-state index contributed by atoms with van der Waals surface area (Å²) < 4.78 is 13.2. The zero-order valence-electron chi connectivity index (χ0n) is 19.8. The lowest BCUT2D eigenvalue weighted by molar-refractivity contribution is -0.188. The van der Waals surface area contributed by atoms with E-state index in [2.05, 4.69) is 5.32 Å². The molecule has 10 heteroatoms. The standard InChI is InChI=1S/C25H29ClFN5O3/c1-3-6-21-24(34)30(14-18-7-4-5-8-20(18)26)15-22-31(21)23(33)16-29(2)32(22)25(35)28-13-17-9-11-19(27)12-10-17/h4-5,7-12,21-22H,3,6,13-16H2,1-2H3,(H,28,35)/t21-,22?/m0/s1. The summed E-state index contributed by atoms with van der Waals surface area (Å²) in [6.07, 6.45) is 0.542. The predicted octanol–water partition coefficient (Wildman–Crippen LogP) is 3.22. The Balaban J connectivity index is 1.59. The third-order valence-corrected chi connectivity index (χ3v) is 6.75. The fourth-order valence-corrected chi connectivity index (χ4v) is 4.89. The number of urea groups is 1. The van der Waals surface area contributed by atoms with Gasteiger partial charge in [0.1, 0.15) is 18.0 Å². The van der Waals surface area contributed by atoms with Crippen LogP contribution in [0.25, 0.3) is 0 Å². The molecular weight excluding hydrogens is 473 g/mol. The molecule has 2 saturated heterocycles. The van der Waals surface area contributed by atoms with Crippen LogP contribution in [-0.4, -0.2) is 70.0 Å². The number of hydrazine groups is 1. The quantitative estimate of drug-likeness (QED) is 0.659. The molecule has 2 atom stereocenters. The Labute approximate surface area is 209 Å². The molecule has 0 radical (unpaired) electrons. The minimum absolute atomic E-state index is 0.0154. The van der Waals surface area contributed by atoms with E-state index in [-0.39, 0.29) is 43.8 Å². The van der Waals surface area contributed by atoms with Crippen molar-refractivity contribution in [3.05, 3.63) is 70.5 Å². The average molecular weight is 502 g/mol. The van der Waals surface area contributed by atoms with Crippen LogP contribution in [0.2, 0.25) is 5.02 Å². The molecule has 2 aliphatic rings. The molecule has 1 unspecified atom stereocenters. The molecule has 2 aliphatic heterocycles. The monoisotopic (exact) mass is 501 g/mol. The summed E-state index contributed by atoms with van der Waals surface area (Å²) in [5.41, 5.74) is 1.55. The van der Waals surface area contributed by atoms with Crippen LogP contribution >= 0.6 is 11.6 Å². The molecule has 0 aliphatic carbocycles. The lowest BCUT2D eigenvalue weighted by Crippen LogP contribution is -2.75. The highest BCUT2D eigenvalue weighted by atomic mass is 35.5. The van der Waals surface area contributed by atoms with Gasteiger partial charge in [-0.3, -0.25) is 9.59 Å². The SMILES string of the molecule is CCC[C@H]1C(=O)N(Cc2ccccc2Cl)CC2N1C(=O)CN(C)N2C(=O)NCc1ccc(F)cc1. The van der Waals surface area contributed by atoms with E-state index in [0.29, 0.717) is 17.9 Å². The Hall–Kier alpha value is -3.17. The highest BCUT2D eigenvalue weighted by Crippen LogP contribution is 2.29. The molecule has 4 amide bonds. The number of rotatable bonds is 6. The van der Waals surface area contributed by atoms with Gasteiger partial charge in [0.25, 0.3) is 0 Å². The maximum absolute atomic E-state index is 13.5. The largest absolute Gasteiger partial charge is 0.334 e. The molecule has 0 spiro atoms. The van der Waals surface area contributed by atoms with Gasteiger partial charge in [-0.05, 0) is 35.7 Å². The highest BCUT2D eigenvalue weighted by Gasteiger charge is 2.50. The van der Waals surface area contributed by atoms with Crippen LogP contribution in [0.1, 0.15) is 30.9 Å². The molecule has 2 aromatic carbocycles. The number of amides is 4. The minimum Gasteiger partial charge on any atom is -0.333 e. The van der Waals surface area contributed by atoms with Gasteiger partial charge in [0, 0.05) is 25.2 Å². The maximum atomic E-state index is 13.5. The normalized spacial score (nSPS) is 20.7. The number of benzene rings is 2. The van der Waals surface area contributed by atoms with Crippen molar-refractivity contribution in [3.63, 3.8) is 0 Å². The molecule has 2 fully saturated rings. The zero-order chi connectivity index (χ0) is 25.1. The van der Waals surface area contributed by atoms with Gasteiger partial charge in [-0.25, -0.2) is 19.2 Å². The second-order valence-corrected chi connectivity index (χ2v) is 9.25. The Morgan fingerprint density at radius 2 is 1.86 bits per heavy atom. The number of nitrogens with zero attached hydrogens (tertiary/aromatic N) is 4. The van der Waals surface area contributed by atoms with E-state index in [0.717, 1.165) is 11.1 Å². The van der Waals surface area contributed by atoms with Crippen molar-refractivity contribution in [2.45, 2.75) is 45.1 Å². The first-order valence-electron chi connectivity index (χ1n) is 11.7. The van der Waals surface area contributed by atoms with Crippen molar-refractivity contribution < 1.29 is 18.8 Å². The topological polar surface area (TPSA) is 76.2 Å². The summed E-state index contributed by atoms with van der Waals surface area (Å²) in [7, 11) is 1.68. The second-order valence-electron chi connectivity index (χ2n) is 8.84. The summed E-state index contributed by atoms with van der Waals surface area (Å²) in [6.45, 7) is 2.59. The zero-order valence-corrected chi connectivity index (χ0v) is 20.5. The molecule has 8 nitrogen and oxygen atoms in total. The predicted molar refractivity (Wildman–Crippen MR) is 129 cm³/mol. The summed E-state index contributed by atoms with van der Waals surface area (Å²) in [4.78, 5) is 43.1.